The summed E-state index contributed by atoms with van der Waals surface area (Å²) in [6, 6.07) is 4.12. The van der Waals surface area contributed by atoms with Gasteiger partial charge in [0.15, 0.2) is 0 Å². The fraction of sp³-hybridized carbons (Fsp3) is 0.667. The summed E-state index contributed by atoms with van der Waals surface area (Å²) in [5.41, 5.74) is 0.552. The van der Waals surface area contributed by atoms with Crippen molar-refractivity contribution in [3.05, 3.63) is 24.2 Å². The normalized spacial score (nSPS) is 36.1. The summed E-state index contributed by atoms with van der Waals surface area (Å²) in [4.78, 5) is 2.60. The van der Waals surface area contributed by atoms with Crippen LogP contribution in [-0.4, -0.2) is 24.5 Å². The Bertz CT molecular complexity index is 302. The smallest absolute Gasteiger partial charge is 0.104 e. The van der Waals surface area contributed by atoms with Gasteiger partial charge < -0.3 is 9.32 Å². The monoisotopic (exact) mass is 191 g/mol. The number of furan rings is 1. The van der Waals surface area contributed by atoms with Crippen LogP contribution in [-0.2, 0) is 6.42 Å². The molecule has 2 heteroatoms. The molecule has 0 radical (unpaired) electrons. The van der Waals surface area contributed by atoms with Gasteiger partial charge in [-0.25, -0.2) is 0 Å². The Balaban J connectivity index is 1.77. The second kappa shape index (κ2) is 3.13. The van der Waals surface area contributed by atoms with E-state index in [-0.39, 0.29) is 0 Å². The molecular formula is C12H17NO. The summed E-state index contributed by atoms with van der Waals surface area (Å²) in [7, 11) is 0. The Morgan fingerprint density at radius 3 is 3.21 bits per heavy atom. The van der Waals surface area contributed by atoms with E-state index in [1.54, 1.807) is 6.26 Å². The van der Waals surface area contributed by atoms with Gasteiger partial charge in [-0.15, -0.1) is 0 Å². The topological polar surface area (TPSA) is 16.4 Å². The van der Waals surface area contributed by atoms with E-state index in [2.05, 4.69) is 11.0 Å². The van der Waals surface area contributed by atoms with Gasteiger partial charge in [0, 0.05) is 13.0 Å². The molecule has 2 aliphatic rings. The number of nitrogens with zero attached hydrogens (tertiary/aromatic N) is 1. The molecule has 1 aromatic rings. The number of hydrogen-bond donors (Lipinski definition) is 0. The second-order valence-electron chi connectivity index (χ2n) is 4.89. The second-order valence-corrected chi connectivity index (χ2v) is 4.89. The van der Waals surface area contributed by atoms with Crippen molar-refractivity contribution in [3.8, 4) is 0 Å². The molecule has 1 aromatic heterocycles. The zero-order valence-electron chi connectivity index (χ0n) is 8.54. The van der Waals surface area contributed by atoms with Crippen molar-refractivity contribution >= 4 is 0 Å². The van der Waals surface area contributed by atoms with Crippen LogP contribution in [0.1, 0.15) is 25.0 Å². The minimum Gasteiger partial charge on any atom is -0.469 e. The zero-order chi connectivity index (χ0) is 9.43. The maximum Gasteiger partial charge on any atom is 0.104 e. The third-order valence-electron chi connectivity index (χ3n) is 3.83. The number of piperidine rings is 1. The maximum atomic E-state index is 5.46. The van der Waals surface area contributed by atoms with Gasteiger partial charge >= 0.3 is 0 Å². The molecule has 0 spiro atoms. The van der Waals surface area contributed by atoms with Gasteiger partial charge in [0.2, 0.25) is 0 Å². The molecule has 2 nitrogen and oxygen atoms in total. The molecule has 3 heterocycles. The molecule has 0 saturated carbocycles. The third-order valence-corrected chi connectivity index (χ3v) is 3.83. The van der Waals surface area contributed by atoms with Gasteiger partial charge in [0.05, 0.1) is 6.26 Å². The lowest BCUT2D eigenvalue weighted by Crippen LogP contribution is -2.35. The minimum atomic E-state index is 0.552. The molecule has 0 N–H and O–H groups in total. The van der Waals surface area contributed by atoms with Crippen LogP contribution < -0.4 is 0 Å². The van der Waals surface area contributed by atoms with Crippen LogP contribution in [0, 0.1) is 5.41 Å². The van der Waals surface area contributed by atoms with Gasteiger partial charge in [0.1, 0.15) is 5.76 Å². The van der Waals surface area contributed by atoms with Gasteiger partial charge in [0.25, 0.3) is 0 Å². The van der Waals surface area contributed by atoms with Crippen molar-refractivity contribution in [1.82, 2.24) is 4.90 Å². The molecule has 2 aliphatic heterocycles. The molecule has 2 atom stereocenters. The lowest BCUT2D eigenvalue weighted by atomic mass is 9.77. The molecule has 3 rings (SSSR count). The molecule has 76 valence electrons. The van der Waals surface area contributed by atoms with Crippen molar-refractivity contribution in [2.45, 2.75) is 25.7 Å². The standard InChI is InChI=1S/C12H17NO/c1-3-11(14-8-1)9-12-4-2-6-13(10-12)7-5-12/h1,3,8H,2,4-7,9-10H2. The van der Waals surface area contributed by atoms with Gasteiger partial charge in [-0.3, -0.25) is 0 Å². The summed E-state index contributed by atoms with van der Waals surface area (Å²) >= 11 is 0. The summed E-state index contributed by atoms with van der Waals surface area (Å²) < 4.78 is 5.46. The highest BCUT2D eigenvalue weighted by Gasteiger charge is 2.41. The summed E-state index contributed by atoms with van der Waals surface area (Å²) in [6.45, 7) is 3.92. The molecule has 0 aliphatic carbocycles. The average Bonchev–Trinajstić information content (AvgIpc) is 2.76. The lowest BCUT2D eigenvalue weighted by molar-refractivity contribution is 0.173. The fourth-order valence-electron chi connectivity index (χ4n) is 3.12. The molecule has 2 saturated heterocycles. The number of hydrogen-bond acceptors (Lipinski definition) is 2. The van der Waals surface area contributed by atoms with E-state index >= 15 is 0 Å². The SMILES string of the molecule is c1coc(CC23CCCN(CC2)C3)c1. The molecule has 2 unspecified atom stereocenters. The molecule has 0 aromatic carbocycles. The van der Waals surface area contributed by atoms with Crippen LogP contribution >= 0.6 is 0 Å². The largest absolute Gasteiger partial charge is 0.469 e. The van der Waals surface area contributed by atoms with E-state index in [0.29, 0.717) is 5.41 Å². The van der Waals surface area contributed by atoms with E-state index in [1.165, 1.54) is 44.7 Å². The Morgan fingerprint density at radius 2 is 2.36 bits per heavy atom. The first kappa shape index (κ1) is 8.54. The highest BCUT2D eigenvalue weighted by molar-refractivity contribution is 5.06. The minimum absolute atomic E-state index is 0.552. The van der Waals surface area contributed by atoms with Gasteiger partial charge in [-0.05, 0) is 49.9 Å². The van der Waals surface area contributed by atoms with E-state index in [0.717, 1.165) is 6.42 Å². The molecular weight excluding hydrogens is 174 g/mol. The zero-order valence-corrected chi connectivity index (χ0v) is 8.54. The van der Waals surface area contributed by atoms with Crippen LogP contribution in [0.15, 0.2) is 22.8 Å². The van der Waals surface area contributed by atoms with Crippen LogP contribution in [0.4, 0.5) is 0 Å². The summed E-state index contributed by atoms with van der Waals surface area (Å²) in [6.07, 6.45) is 7.08. The van der Waals surface area contributed by atoms with Crippen molar-refractivity contribution in [2.24, 2.45) is 5.41 Å². The molecule has 14 heavy (non-hydrogen) atoms. The van der Waals surface area contributed by atoms with Crippen LogP contribution in [0.5, 0.6) is 0 Å². The quantitative estimate of drug-likeness (QED) is 0.713. The number of fused-ring (bicyclic) bond motifs is 2. The fourth-order valence-corrected chi connectivity index (χ4v) is 3.12. The Labute approximate surface area is 84.9 Å². The maximum absolute atomic E-state index is 5.46. The lowest BCUT2D eigenvalue weighted by Gasteiger charge is -2.33. The number of rotatable bonds is 2. The van der Waals surface area contributed by atoms with E-state index in [4.69, 9.17) is 4.42 Å². The first-order chi connectivity index (χ1) is 6.86. The third kappa shape index (κ3) is 1.38. The predicted molar refractivity (Wildman–Crippen MR) is 55.1 cm³/mol. The highest BCUT2D eigenvalue weighted by Crippen LogP contribution is 2.41. The van der Waals surface area contributed by atoms with Crippen LogP contribution in [0.2, 0.25) is 0 Å². The first-order valence-electron chi connectivity index (χ1n) is 5.61. The van der Waals surface area contributed by atoms with Crippen LogP contribution in [0.3, 0.4) is 0 Å². The Kier molecular flexibility index (Phi) is 1.91. The van der Waals surface area contributed by atoms with Gasteiger partial charge in [-0.1, -0.05) is 0 Å². The molecule has 2 bridgehead atoms. The van der Waals surface area contributed by atoms with E-state index in [1.807, 2.05) is 6.07 Å². The average molecular weight is 191 g/mol. The van der Waals surface area contributed by atoms with Crippen molar-refractivity contribution in [1.29, 1.82) is 0 Å². The Morgan fingerprint density at radius 1 is 1.36 bits per heavy atom. The first-order valence-corrected chi connectivity index (χ1v) is 5.61. The van der Waals surface area contributed by atoms with E-state index < -0.39 is 0 Å². The predicted octanol–water partition coefficient (Wildman–Crippen LogP) is 2.31. The van der Waals surface area contributed by atoms with Crippen molar-refractivity contribution in [3.63, 3.8) is 0 Å². The summed E-state index contributed by atoms with van der Waals surface area (Å²) in [5.74, 6) is 1.17. The van der Waals surface area contributed by atoms with Crippen molar-refractivity contribution in [2.75, 3.05) is 19.6 Å². The Hall–Kier alpha value is -0.760. The molecule has 0 amide bonds. The van der Waals surface area contributed by atoms with Gasteiger partial charge in [-0.2, -0.15) is 0 Å². The van der Waals surface area contributed by atoms with Crippen LogP contribution in [0.25, 0.3) is 0 Å². The summed E-state index contributed by atoms with van der Waals surface area (Å²) in [5, 5.41) is 0. The molecule has 2 fully saturated rings. The van der Waals surface area contributed by atoms with E-state index in [9.17, 15) is 0 Å². The highest BCUT2D eigenvalue weighted by atomic mass is 16.3. The van der Waals surface area contributed by atoms with Crippen molar-refractivity contribution < 1.29 is 4.42 Å².